The van der Waals surface area contributed by atoms with Gasteiger partial charge in [-0.3, -0.25) is 0 Å². The summed E-state index contributed by atoms with van der Waals surface area (Å²) in [5.41, 5.74) is -0.917. The highest BCUT2D eigenvalue weighted by Crippen LogP contribution is 2.64. The molecule has 0 aromatic heterocycles. The van der Waals surface area contributed by atoms with Gasteiger partial charge in [-0.2, -0.15) is 171 Å². The summed E-state index contributed by atoms with van der Waals surface area (Å²) < 4.78 is 529. The van der Waals surface area contributed by atoms with Gasteiger partial charge in [-0.15, -0.1) is 0 Å². The molecule has 3 aromatic carbocycles. The van der Waals surface area contributed by atoms with Gasteiger partial charge in [0, 0.05) is 19.3 Å². The van der Waals surface area contributed by atoms with Crippen molar-refractivity contribution < 1.29 is 171 Å². The molecule has 3 aromatic rings. The highest BCUT2D eigenvalue weighted by atomic mass is 31.1. The molecule has 0 unspecified atom stereocenters. The summed E-state index contributed by atoms with van der Waals surface area (Å²) in [7, 11) is -2.30. The topological polar surface area (TPSA) is 0 Å². The summed E-state index contributed by atoms with van der Waals surface area (Å²) in [5, 5.41) is -0.139. The lowest BCUT2D eigenvalue weighted by Gasteiger charge is -2.39. The van der Waals surface area contributed by atoms with Crippen molar-refractivity contribution in [3.05, 3.63) is 89.5 Å². The normalized spacial score (nSPS) is 15.5. The summed E-state index contributed by atoms with van der Waals surface area (Å²) in [6.45, 7) is 0. The summed E-state index contributed by atoms with van der Waals surface area (Å²) >= 11 is 0. The van der Waals surface area contributed by atoms with E-state index in [2.05, 4.69) is 0 Å². The van der Waals surface area contributed by atoms with Crippen molar-refractivity contribution in [1.29, 1.82) is 0 Å². The predicted molar refractivity (Wildman–Crippen MR) is 216 cm³/mol. The van der Waals surface area contributed by atoms with Crippen molar-refractivity contribution in [3.8, 4) is 0 Å². The van der Waals surface area contributed by atoms with E-state index in [9.17, 15) is 171 Å². The van der Waals surface area contributed by atoms with E-state index in [1.807, 2.05) is 0 Å². The molecule has 3 rings (SSSR count). The molecule has 85 heavy (non-hydrogen) atoms. The van der Waals surface area contributed by atoms with Gasteiger partial charge in [0.25, 0.3) is 0 Å². The molecule has 40 heteroatoms. The molecule has 0 aliphatic rings. The van der Waals surface area contributed by atoms with E-state index in [1.54, 1.807) is 0 Å². The summed E-state index contributed by atoms with van der Waals surface area (Å²) in [6, 6.07) is 11.2. The average molecular weight is 1340 g/mol. The van der Waals surface area contributed by atoms with Crippen molar-refractivity contribution >= 4 is 23.8 Å². The largest absolute Gasteiger partial charge is 0.460 e. The molecule has 0 nitrogen and oxygen atoms in total. The first-order valence-corrected chi connectivity index (χ1v) is 23.7. The maximum Gasteiger partial charge on any atom is 0.460 e. The Morgan fingerprint density at radius 2 is 0.353 bits per heavy atom. The molecule has 0 amide bonds. The molecule has 0 fully saturated rings. The third-order valence-corrected chi connectivity index (χ3v) is 14.9. The lowest BCUT2D eigenvalue weighted by Crippen LogP contribution is -2.70. The van der Waals surface area contributed by atoms with Gasteiger partial charge in [0.1, 0.15) is 0 Å². The standard InChI is InChI=1S/C45H30F39P/c46-28(47,31(52,53)34(58,59)37(64,65)40(70,71)43(76,77)78)19-1-4-22-7-13-25(14-8-22)85(26-15-9-23(10-16-26)5-2-20-29(48,49)32(54,55)35(60,61)38(66,67)41(72,73)44(79,80)81)27-17-11-24(12-18-27)6-3-21-30(50,51)33(56,57)36(62,63)39(68,69)42(74,75)45(82,83)84/h7-18H,1-6,19-21H2. The first-order chi connectivity index (χ1) is 37.4. The molecular weight excluding hydrogens is 1310 g/mol. The van der Waals surface area contributed by atoms with Gasteiger partial charge in [0.05, 0.1) is 0 Å². The molecule has 0 bridgehead atoms. The lowest BCUT2D eigenvalue weighted by molar-refractivity contribution is -0.440. The molecule has 0 N–H and O–H groups in total. The molecule has 0 saturated heterocycles. The number of alkyl halides is 39. The summed E-state index contributed by atoms with van der Waals surface area (Å²) in [6.07, 6.45) is -38.4. The van der Waals surface area contributed by atoms with Crippen LogP contribution in [0.1, 0.15) is 55.2 Å². The Morgan fingerprint density at radius 3 is 0.506 bits per heavy atom. The Labute approximate surface area is 449 Å². The minimum absolute atomic E-state index is 0.0463. The van der Waals surface area contributed by atoms with Crippen LogP contribution >= 0.6 is 7.92 Å². The number of halogens is 39. The van der Waals surface area contributed by atoms with Gasteiger partial charge < -0.3 is 0 Å². The molecule has 0 atom stereocenters. The number of hydrogen-bond donors (Lipinski definition) is 0. The van der Waals surface area contributed by atoms with Crippen molar-refractivity contribution in [2.45, 2.75) is 165 Å². The van der Waals surface area contributed by atoms with E-state index >= 15 is 0 Å². The van der Waals surface area contributed by atoms with Crippen LogP contribution in [0, 0.1) is 0 Å². The van der Waals surface area contributed by atoms with Crippen LogP contribution in [-0.2, 0) is 19.3 Å². The van der Waals surface area contributed by atoms with Gasteiger partial charge in [0.15, 0.2) is 0 Å². The zero-order valence-corrected chi connectivity index (χ0v) is 41.4. The second-order valence-corrected chi connectivity index (χ2v) is 20.6. The van der Waals surface area contributed by atoms with Crippen molar-refractivity contribution in [3.63, 3.8) is 0 Å². The Morgan fingerprint density at radius 1 is 0.200 bits per heavy atom. The average Bonchev–Trinajstić information content (AvgIpc) is 0.759. The van der Waals surface area contributed by atoms with Crippen molar-refractivity contribution in [2.75, 3.05) is 0 Å². The van der Waals surface area contributed by atoms with Crippen LogP contribution in [0.4, 0.5) is 171 Å². The summed E-state index contributed by atoms with van der Waals surface area (Å²) in [5.74, 6) is -115. The fourth-order valence-corrected chi connectivity index (χ4v) is 9.54. The third-order valence-electron chi connectivity index (χ3n) is 12.4. The molecule has 0 saturated carbocycles. The molecule has 0 radical (unpaired) electrons. The van der Waals surface area contributed by atoms with Crippen LogP contribution in [0.3, 0.4) is 0 Å². The van der Waals surface area contributed by atoms with E-state index in [0.29, 0.717) is 0 Å². The Balaban J connectivity index is 1.98. The first kappa shape index (κ1) is 74.6. The number of rotatable bonds is 27. The highest BCUT2D eigenvalue weighted by Gasteiger charge is 2.93. The number of aryl methyl sites for hydroxylation is 3. The Bertz CT molecular complexity index is 2400. The quantitative estimate of drug-likeness (QED) is 0.0527. The Hall–Kier alpha value is -4.64. The minimum atomic E-state index is -8.20. The maximum absolute atomic E-state index is 14.4. The zero-order chi connectivity index (χ0) is 66.9. The Kier molecular flexibility index (Phi) is 20.2. The maximum atomic E-state index is 14.4. The number of benzene rings is 3. The smallest absolute Gasteiger partial charge is 0.200 e. The van der Waals surface area contributed by atoms with Crippen LogP contribution in [0.5, 0.6) is 0 Å². The van der Waals surface area contributed by atoms with Crippen molar-refractivity contribution in [1.82, 2.24) is 0 Å². The van der Waals surface area contributed by atoms with Gasteiger partial charge >= 0.3 is 107 Å². The van der Waals surface area contributed by atoms with Gasteiger partial charge in [0.2, 0.25) is 0 Å². The van der Waals surface area contributed by atoms with E-state index in [1.165, 1.54) is 0 Å². The number of hydrogen-bond acceptors (Lipinski definition) is 0. The summed E-state index contributed by atoms with van der Waals surface area (Å²) in [4.78, 5) is 0. The van der Waals surface area contributed by atoms with Crippen LogP contribution in [0.25, 0.3) is 0 Å². The molecule has 488 valence electrons. The predicted octanol–water partition coefficient (Wildman–Crippen LogP) is 18.6. The fourth-order valence-electron chi connectivity index (χ4n) is 7.30. The van der Waals surface area contributed by atoms with Gasteiger partial charge in [-0.05, 0) is 79.1 Å². The molecule has 0 spiro atoms. The van der Waals surface area contributed by atoms with Crippen LogP contribution < -0.4 is 15.9 Å². The molecule has 0 aliphatic carbocycles. The minimum Gasteiger partial charge on any atom is -0.200 e. The van der Waals surface area contributed by atoms with Gasteiger partial charge in [-0.25, -0.2) is 0 Å². The van der Waals surface area contributed by atoms with E-state index in [-0.39, 0.29) is 32.6 Å². The third kappa shape index (κ3) is 12.7. The second kappa shape index (κ2) is 23.1. The van der Waals surface area contributed by atoms with E-state index in [4.69, 9.17) is 0 Å². The monoisotopic (exact) mass is 1340 g/mol. The first-order valence-electron chi connectivity index (χ1n) is 22.4. The molecule has 0 heterocycles. The zero-order valence-electron chi connectivity index (χ0n) is 40.5. The highest BCUT2D eigenvalue weighted by molar-refractivity contribution is 7.79. The van der Waals surface area contributed by atoms with Crippen LogP contribution in [0.2, 0.25) is 0 Å². The van der Waals surface area contributed by atoms with E-state index in [0.717, 1.165) is 72.8 Å². The van der Waals surface area contributed by atoms with Crippen LogP contribution in [-0.4, -0.2) is 107 Å². The van der Waals surface area contributed by atoms with Crippen LogP contribution in [0.15, 0.2) is 72.8 Å². The lowest BCUT2D eigenvalue weighted by atomic mass is 9.91. The molecule has 0 aliphatic heterocycles. The fraction of sp³-hybridized carbons (Fsp3) is 0.600. The SMILES string of the molecule is FC(F)(F)C(F)(F)C(F)(F)C(F)(F)C(F)(F)C(F)(F)CCCc1ccc(P(c2ccc(CCCC(F)(F)C(F)(F)C(F)(F)C(F)(F)C(F)(F)C(F)(F)F)cc2)c2ccc(CCCC(F)(F)C(F)(F)C(F)(F)C(F)(F)C(F)(F)C(F)(F)F)cc2)cc1. The van der Waals surface area contributed by atoms with Gasteiger partial charge in [-0.1, -0.05) is 72.8 Å². The second-order valence-electron chi connectivity index (χ2n) is 18.4. The van der Waals surface area contributed by atoms with Crippen molar-refractivity contribution in [2.24, 2.45) is 0 Å². The molecular formula is C45H30F39P. The van der Waals surface area contributed by atoms with E-state index < -0.39 is 173 Å².